The molecule has 0 radical (unpaired) electrons. The molecule has 170 valence electrons. The zero-order valence-corrected chi connectivity index (χ0v) is 18.7. The van der Waals surface area contributed by atoms with E-state index in [4.69, 9.17) is 11.6 Å². The zero-order chi connectivity index (χ0) is 23.8. The second kappa shape index (κ2) is 8.33. The summed E-state index contributed by atoms with van der Waals surface area (Å²) in [5.74, 6) is -1.73. The van der Waals surface area contributed by atoms with Gasteiger partial charge in [-0.15, -0.1) is 0 Å². The number of rotatable bonds is 5. The second-order valence-electron chi connectivity index (χ2n) is 8.10. The van der Waals surface area contributed by atoms with Gasteiger partial charge in [0.15, 0.2) is 0 Å². The highest BCUT2D eigenvalue weighted by Gasteiger charge is 2.55. The number of amides is 1. The van der Waals surface area contributed by atoms with Crippen molar-refractivity contribution in [1.29, 1.82) is 0 Å². The Balaban J connectivity index is 2.21. The number of nitrogens with one attached hydrogen (secondary N) is 2. The lowest BCUT2D eigenvalue weighted by Crippen LogP contribution is -2.52. The van der Waals surface area contributed by atoms with Gasteiger partial charge in [-0.25, -0.2) is 8.42 Å². The molecule has 0 aliphatic carbocycles. The summed E-state index contributed by atoms with van der Waals surface area (Å²) in [4.78, 5) is 11.8. The summed E-state index contributed by atoms with van der Waals surface area (Å²) in [5, 5.41) is 11.1. The molecule has 2 rings (SSSR count). The maximum Gasteiger partial charge on any atom is 0.426 e. The van der Waals surface area contributed by atoms with E-state index < -0.39 is 27.7 Å². The van der Waals surface area contributed by atoms with Gasteiger partial charge in [0.05, 0.1) is 21.3 Å². The summed E-state index contributed by atoms with van der Waals surface area (Å²) >= 11 is 5.97. The number of benzene rings is 2. The van der Waals surface area contributed by atoms with E-state index in [0.717, 1.165) is 17.7 Å². The minimum absolute atomic E-state index is 0.00947. The Morgan fingerprint density at radius 3 is 2.00 bits per heavy atom. The summed E-state index contributed by atoms with van der Waals surface area (Å²) in [5.41, 5.74) is -3.03. The average Bonchev–Trinajstić information content (AvgIpc) is 2.62. The molecule has 0 aliphatic heterocycles. The van der Waals surface area contributed by atoms with Crippen molar-refractivity contribution < 1.29 is 31.5 Å². The van der Waals surface area contributed by atoms with E-state index in [1.54, 1.807) is 12.1 Å². The first-order valence-corrected chi connectivity index (χ1v) is 10.8. The molecule has 2 aromatic carbocycles. The summed E-state index contributed by atoms with van der Waals surface area (Å²) in [6, 6.07) is 9.77. The number of hydrogen-bond acceptors (Lipinski definition) is 4. The standard InChI is InChI=1S/C20H22ClF3N2O4S/c1-18(2,3)12-5-8-14(9-6-12)31(29,30)26-13-7-10-16(15(21)11-13)25-17(27)19(4,28)20(22,23)24/h5-11,26,28H,1-4H3,(H,25,27)/t19-/m1/s1. The summed E-state index contributed by atoms with van der Waals surface area (Å²) in [6.45, 7) is 6.28. The fourth-order valence-electron chi connectivity index (χ4n) is 2.40. The molecule has 0 aromatic heterocycles. The number of anilines is 2. The van der Waals surface area contributed by atoms with Gasteiger partial charge in [0, 0.05) is 0 Å². The molecular weight excluding hydrogens is 457 g/mol. The van der Waals surface area contributed by atoms with Crippen molar-refractivity contribution in [1.82, 2.24) is 0 Å². The number of sulfonamides is 1. The van der Waals surface area contributed by atoms with Crippen molar-refractivity contribution in [3.8, 4) is 0 Å². The number of aliphatic hydroxyl groups is 1. The van der Waals surface area contributed by atoms with E-state index >= 15 is 0 Å². The molecule has 3 N–H and O–H groups in total. The van der Waals surface area contributed by atoms with Crippen LogP contribution in [0.1, 0.15) is 33.3 Å². The van der Waals surface area contributed by atoms with Crippen LogP contribution in [-0.4, -0.2) is 31.2 Å². The topological polar surface area (TPSA) is 95.5 Å². The minimum Gasteiger partial charge on any atom is -0.373 e. The first-order chi connectivity index (χ1) is 13.9. The molecule has 2 aromatic rings. The van der Waals surface area contributed by atoms with Gasteiger partial charge in [0.2, 0.25) is 5.60 Å². The van der Waals surface area contributed by atoms with Gasteiger partial charge in [-0.1, -0.05) is 44.5 Å². The van der Waals surface area contributed by atoms with Crippen LogP contribution < -0.4 is 10.0 Å². The van der Waals surface area contributed by atoms with Crippen LogP contribution in [0.5, 0.6) is 0 Å². The predicted octanol–water partition coefficient (Wildman–Crippen LogP) is 4.69. The van der Waals surface area contributed by atoms with Gasteiger partial charge < -0.3 is 10.4 Å². The minimum atomic E-state index is -5.19. The van der Waals surface area contributed by atoms with E-state index in [-0.39, 0.29) is 26.7 Å². The third-order valence-electron chi connectivity index (χ3n) is 4.49. The van der Waals surface area contributed by atoms with Crippen LogP contribution in [0.3, 0.4) is 0 Å². The van der Waals surface area contributed by atoms with Gasteiger partial charge in [0.25, 0.3) is 15.9 Å². The normalized spacial score (nSPS) is 14.6. The number of hydrogen-bond donors (Lipinski definition) is 3. The van der Waals surface area contributed by atoms with Crippen LogP contribution >= 0.6 is 11.6 Å². The summed E-state index contributed by atoms with van der Waals surface area (Å²) < 4.78 is 65.8. The fourth-order valence-corrected chi connectivity index (χ4v) is 3.68. The molecule has 0 bridgehead atoms. The third-order valence-corrected chi connectivity index (χ3v) is 6.20. The zero-order valence-electron chi connectivity index (χ0n) is 17.1. The Bertz CT molecular complexity index is 1080. The first kappa shape index (κ1) is 25.0. The molecule has 0 saturated carbocycles. The highest BCUT2D eigenvalue weighted by atomic mass is 35.5. The molecule has 11 heteroatoms. The van der Waals surface area contributed by atoms with Gasteiger partial charge in [0.1, 0.15) is 0 Å². The molecule has 1 atom stereocenters. The van der Waals surface area contributed by atoms with E-state index in [1.165, 1.54) is 18.2 Å². The van der Waals surface area contributed by atoms with E-state index in [2.05, 4.69) is 4.72 Å². The Morgan fingerprint density at radius 2 is 1.55 bits per heavy atom. The Labute approximate surface area is 183 Å². The van der Waals surface area contributed by atoms with E-state index in [9.17, 15) is 31.5 Å². The quantitative estimate of drug-likeness (QED) is 0.581. The van der Waals surface area contributed by atoms with Gasteiger partial charge in [-0.2, -0.15) is 13.2 Å². The van der Waals surface area contributed by atoms with E-state index in [1.807, 2.05) is 26.1 Å². The van der Waals surface area contributed by atoms with Crippen molar-refractivity contribution in [2.75, 3.05) is 10.0 Å². The Morgan fingerprint density at radius 1 is 1.00 bits per heavy atom. The molecule has 0 spiro atoms. The average molecular weight is 479 g/mol. The molecule has 0 saturated heterocycles. The number of alkyl halides is 3. The SMILES string of the molecule is CC(C)(C)c1ccc(S(=O)(=O)Nc2ccc(NC(=O)[C@@](C)(O)C(F)(F)F)c(Cl)c2)cc1. The van der Waals surface area contributed by atoms with Crippen LogP contribution in [0, 0.1) is 0 Å². The molecule has 0 unspecified atom stereocenters. The van der Waals surface area contributed by atoms with Crippen molar-refractivity contribution in [2.45, 2.75) is 49.8 Å². The predicted molar refractivity (Wildman–Crippen MR) is 113 cm³/mol. The van der Waals surface area contributed by atoms with Crippen molar-refractivity contribution in [3.63, 3.8) is 0 Å². The summed E-state index contributed by atoms with van der Waals surface area (Å²) in [6.07, 6.45) is -5.19. The lowest BCUT2D eigenvalue weighted by atomic mass is 9.87. The third kappa shape index (κ3) is 5.69. The molecule has 6 nitrogen and oxygen atoms in total. The highest BCUT2D eigenvalue weighted by Crippen LogP contribution is 2.33. The second-order valence-corrected chi connectivity index (χ2v) is 10.2. The van der Waals surface area contributed by atoms with Gasteiger partial charge in [-0.05, 0) is 48.2 Å². The fraction of sp³-hybridized carbons (Fsp3) is 0.350. The van der Waals surface area contributed by atoms with E-state index in [0.29, 0.717) is 6.92 Å². The van der Waals surface area contributed by atoms with Crippen molar-refractivity contribution in [2.24, 2.45) is 0 Å². The maximum atomic E-state index is 12.8. The van der Waals surface area contributed by atoms with Crippen LogP contribution in [0.15, 0.2) is 47.4 Å². The molecular formula is C20H22ClF3N2O4S. The van der Waals surface area contributed by atoms with Gasteiger partial charge in [-0.3, -0.25) is 9.52 Å². The molecule has 0 aliphatic rings. The van der Waals surface area contributed by atoms with Crippen LogP contribution in [0.25, 0.3) is 0 Å². The summed E-state index contributed by atoms with van der Waals surface area (Å²) in [7, 11) is -3.96. The lowest BCUT2D eigenvalue weighted by Gasteiger charge is -2.25. The van der Waals surface area contributed by atoms with Crippen LogP contribution in [0.2, 0.25) is 5.02 Å². The monoisotopic (exact) mass is 478 g/mol. The molecule has 0 heterocycles. The van der Waals surface area contributed by atoms with Crippen molar-refractivity contribution in [3.05, 3.63) is 53.1 Å². The molecule has 1 amide bonds. The molecule has 0 fully saturated rings. The highest BCUT2D eigenvalue weighted by molar-refractivity contribution is 7.92. The Kier molecular flexibility index (Phi) is 6.71. The number of carbonyl (C=O) groups excluding carboxylic acids is 1. The van der Waals surface area contributed by atoms with Crippen molar-refractivity contribution >= 4 is 38.9 Å². The number of carbonyl (C=O) groups is 1. The van der Waals surface area contributed by atoms with Crippen LogP contribution in [-0.2, 0) is 20.2 Å². The number of halogens is 4. The largest absolute Gasteiger partial charge is 0.426 e. The first-order valence-electron chi connectivity index (χ1n) is 8.98. The maximum absolute atomic E-state index is 12.8. The van der Waals surface area contributed by atoms with Crippen LogP contribution in [0.4, 0.5) is 24.5 Å². The smallest absolute Gasteiger partial charge is 0.373 e. The molecule has 31 heavy (non-hydrogen) atoms. The Hall–Kier alpha value is -2.30. The lowest BCUT2D eigenvalue weighted by molar-refractivity contribution is -0.242. The van der Waals surface area contributed by atoms with Gasteiger partial charge >= 0.3 is 6.18 Å².